The summed E-state index contributed by atoms with van der Waals surface area (Å²) < 4.78 is 11.4. The van der Waals surface area contributed by atoms with E-state index in [-0.39, 0.29) is 6.03 Å². The van der Waals surface area contributed by atoms with Crippen LogP contribution in [0.1, 0.15) is 6.42 Å². The van der Waals surface area contributed by atoms with Gasteiger partial charge in [-0.05, 0) is 18.6 Å². The molecular formula is C14H20N4O3S. The Morgan fingerprint density at radius 2 is 2.23 bits per heavy atom. The highest BCUT2D eigenvalue weighted by molar-refractivity contribution is 7.82. The van der Waals surface area contributed by atoms with Crippen LogP contribution in [0.25, 0.3) is 11.0 Å². The fourth-order valence-electron chi connectivity index (χ4n) is 2.06. The van der Waals surface area contributed by atoms with Crippen molar-refractivity contribution < 1.29 is 14.1 Å². The van der Waals surface area contributed by atoms with Crippen LogP contribution in [0, 0.1) is 0 Å². The van der Waals surface area contributed by atoms with E-state index >= 15 is 0 Å². The van der Waals surface area contributed by atoms with Crippen LogP contribution in [0.2, 0.25) is 0 Å². The highest BCUT2D eigenvalue weighted by atomic mass is 32.1. The van der Waals surface area contributed by atoms with Crippen LogP contribution in [-0.2, 0) is 4.74 Å². The quantitative estimate of drug-likeness (QED) is 0.630. The molecule has 0 radical (unpaired) electrons. The van der Waals surface area contributed by atoms with E-state index in [1.54, 1.807) is 13.2 Å². The number of anilines is 2. The third-order valence-electron chi connectivity index (χ3n) is 3.13. The first-order valence-corrected chi connectivity index (χ1v) is 7.27. The first-order chi connectivity index (χ1) is 10.6. The summed E-state index contributed by atoms with van der Waals surface area (Å²) in [4.78, 5) is 14.1. The summed E-state index contributed by atoms with van der Waals surface area (Å²) in [7, 11) is 5.45. The molecule has 0 aliphatic heterocycles. The molecule has 2 amide bonds. The molecule has 0 bridgehead atoms. The number of aromatic nitrogens is 1. The molecule has 0 aliphatic carbocycles. The second-order valence-corrected chi connectivity index (χ2v) is 5.34. The number of urea groups is 1. The molecule has 0 saturated carbocycles. The standard InChI is InChI=1S/C14H20N4O3S/c1-17(2)10-6-4-7-11-12(10)13(16-21-11)18(22)14(19)15-8-5-9-20-3/h4,6-7,22H,5,8-9H2,1-3H3,(H,15,19). The molecule has 0 atom stereocenters. The maximum Gasteiger partial charge on any atom is 0.333 e. The van der Waals surface area contributed by atoms with E-state index in [2.05, 4.69) is 23.3 Å². The number of nitrogens with zero attached hydrogens (tertiary/aromatic N) is 3. The zero-order valence-electron chi connectivity index (χ0n) is 12.9. The number of carbonyl (C=O) groups is 1. The number of ether oxygens (including phenoxy) is 1. The molecule has 0 unspecified atom stereocenters. The second-order valence-electron chi connectivity index (χ2n) is 4.94. The van der Waals surface area contributed by atoms with E-state index in [0.717, 1.165) is 21.8 Å². The third kappa shape index (κ3) is 3.45. The average molecular weight is 324 g/mol. The maximum atomic E-state index is 12.1. The third-order valence-corrected chi connectivity index (χ3v) is 3.51. The van der Waals surface area contributed by atoms with Crippen molar-refractivity contribution in [1.29, 1.82) is 0 Å². The van der Waals surface area contributed by atoms with E-state index in [1.807, 2.05) is 31.1 Å². The zero-order chi connectivity index (χ0) is 16.1. The van der Waals surface area contributed by atoms with Crippen molar-refractivity contribution in [1.82, 2.24) is 10.5 Å². The van der Waals surface area contributed by atoms with Gasteiger partial charge in [0.25, 0.3) is 0 Å². The largest absolute Gasteiger partial charge is 0.385 e. The van der Waals surface area contributed by atoms with Gasteiger partial charge in [0.05, 0.1) is 11.1 Å². The summed E-state index contributed by atoms with van der Waals surface area (Å²) in [5, 5.41) is 7.47. The summed E-state index contributed by atoms with van der Waals surface area (Å²) in [6, 6.07) is 5.25. The van der Waals surface area contributed by atoms with Crippen LogP contribution in [-0.4, -0.2) is 45.5 Å². The van der Waals surface area contributed by atoms with Gasteiger partial charge in [0.15, 0.2) is 11.4 Å². The summed E-state index contributed by atoms with van der Waals surface area (Å²) in [5.74, 6) is 0.367. The minimum atomic E-state index is -0.358. The van der Waals surface area contributed by atoms with Gasteiger partial charge in [-0.25, -0.2) is 9.10 Å². The molecular weight excluding hydrogens is 304 g/mol. The summed E-state index contributed by atoms with van der Waals surface area (Å²) in [6.45, 7) is 1.09. The Balaban J connectivity index is 2.21. The number of hydrogen-bond donors (Lipinski definition) is 2. The van der Waals surface area contributed by atoms with E-state index in [9.17, 15) is 4.79 Å². The number of nitrogens with one attached hydrogen (secondary N) is 1. The molecule has 120 valence electrons. The van der Waals surface area contributed by atoms with Gasteiger partial charge >= 0.3 is 6.03 Å². The van der Waals surface area contributed by atoms with Crippen molar-refractivity contribution in [2.45, 2.75) is 6.42 Å². The molecule has 0 saturated heterocycles. The molecule has 1 N–H and O–H groups in total. The molecule has 2 aromatic rings. The van der Waals surface area contributed by atoms with E-state index in [0.29, 0.717) is 24.6 Å². The molecule has 8 heteroatoms. The van der Waals surface area contributed by atoms with Crippen molar-refractivity contribution in [3.63, 3.8) is 0 Å². The van der Waals surface area contributed by atoms with Gasteiger partial charge in [0.1, 0.15) is 0 Å². The van der Waals surface area contributed by atoms with Gasteiger partial charge in [0.2, 0.25) is 0 Å². The molecule has 1 heterocycles. The second kappa shape index (κ2) is 7.37. The molecule has 1 aromatic carbocycles. The Labute approximate surface area is 134 Å². The Morgan fingerprint density at radius 3 is 2.91 bits per heavy atom. The highest BCUT2D eigenvalue weighted by Gasteiger charge is 2.21. The molecule has 22 heavy (non-hydrogen) atoms. The lowest BCUT2D eigenvalue weighted by Crippen LogP contribution is -2.35. The number of methoxy groups -OCH3 is 1. The lowest BCUT2D eigenvalue weighted by atomic mass is 10.2. The van der Waals surface area contributed by atoms with Crippen LogP contribution in [0.5, 0.6) is 0 Å². The molecule has 0 aliphatic rings. The van der Waals surface area contributed by atoms with Crippen LogP contribution in [0.3, 0.4) is 0 Å². The Morgan fingerprint density at radius 1 is 1.45 bits per heavy atom. The monoisotopic (exact) mass is 324 g/mol. The van der Waals surface area contributed by atoms with Gasteiger partial charge in [0, 0.05) is 34.4 Å². The van der Waals surface area contributed by atoms with Crippen molar-refractivity contribution >= 4 is 41.3 Å². The fourth-order valence-corrected chi connectivity index (χ4v) is 2.27. The Kier molecular flexibility index (Phi) is 5.51. The topological polar surface area (TPSA) is 70.8 Å². The van der Waals surface area contributed by atoms with Gasteiger partial charge in [-0.1, -0.05) is 24.0 Å². The lowest BCUT2D eigenvalue weighted by molar-refractivity contribution is 0.194. The zero-order valence-corrected chi connectivity index (χ0v) is 13.8. The first-order valence-electron chi connectivity index (χ1n) is 6.87. The number of carbonyl (C=O) groups excluding carboxylic acids is 1. The molecule has 2 rings (SSSR count). The number of thiol groups is 1. The van der Waals surface area contributed by atoms with Gasteiger partial charge in [-0.2, -0.15) is 0 Å². The van der Waals surface area contributed by atoms with Crippen LogP contribution >= 0.6 is 12.8 Å². The maximum absolute atomic E-state index is 12.1. The van der Waals surface area contributed by atoms with Crippen molar-refractivity contribution in [2.24, 2.45) is 0 Å². The molecule has 0 fully saturated rings. The van der Waals surface area contributed by atoms with Gasteiger partial charge in [-0.15, -0.1) is 0 Å². The van der Waals surface area contributed by atoms with Gasteiger partial charge < -0.3 is 19.5 Å². The first kappa shape index (κ1) is 16.4. The lowest BCUT2D eigenvalue weighted by Gasteiger charge is -2.17. The SMILES string of the molecule is COCCCNC(=O)N(S)c1noc2cccc(N(C)C)c12. The molecule has 0 spiro atoms. The molecule has 1 aromatic heterocycles. The van der Waals surface area contributed by atoms with E-state index < -0.39 is 0 Å². The van der Waals surface area contributed by atoms with Gasteiger partial charge in [-0.3, -0.25) is 0 Å². The predicted octanol–water partition coefficient (Wildman–Crippen LogP) is 2.29. The fraction of sp³-hybridized carbons (Fsp3) is 0.429. The Bertz CT molecular complexity index is 644. The van der Waals surface area contributed by atoms with Crippen molar-refractivity contribution in [2.75, 3.05) is 43.6 Å². The van der Waals surface area contributed by atoms with Crippen molar-refractivity contribution in [3.8, 4) is 0 Å². The van der Waals surface area contributed by atoms with E-state index in [4.69, 9.17) is 9.26 Å². The minimum absolute atomic E-state index is 0.358. The summed E-state index contributed by atoms with van der Waals surface area (Å²) in [5.41, 5.74) is 1.51. The smallest absolute Gasteiger partial charge is 0.333 e. The molecule has 7 nitrogen and oxygen atoms in total. The highest BCUT2D eigenvalue weighted by Crippen LogP contribution is 2.34. The number of rotatable bonds is 6. The van der Waals surface area contributed by atoms with Crippen LogP contribution < -0.4 is 14.5 Å². The minimum Gasteiger partial charge on any atom is -0.385 e. The number of fused-ring (bicyclic) bond motifs is 1. The Hall–Kier alpha value is -1.93. The summed E-state index contributed by atoms with van der Waals surface area (Å²) >= 11 is 4.25. The predicted molar refractivity (Wildman–Crippen MR) is 89.7 cm³/mol. The van der Waals surface area contributed by atoms with Crippen LogP contribution in [0.4, 0.5) is 16.3 Å². The normalized spacial score (nSPS) is 10.7. The number of benzene rings is 1. The summed E-state index contributed by atoms with van der Waals surface area (Å²) in [6.07, 6.45) is 0.729. The van der Waals surface area contributed by atoms with Crippen molar-refractivity contribution in [3.05, 3.63) is 18.2 Å². The number of amides is 2. The van der Waals surface area contributed by atoms with E-state index in [1.165, 1.54) is 0 Å². The number of hydrogen-bond acceptors (Lipinski definition) is 6. The average Bonchev–Trinajstić information content (AvgIpc) is 2.94. The van der Waals surface area contributed by atoms with Crippen LogP contribution in [0.15, 0.2) is 22.7 Å².